The number of primary amides is 1. The van der Waals surface area contributed by atoms with Gasteiger partial charge in [-0.1, -0.05) is 51.1 Å². The summed E-state index contributed by atoms with van der Waals surface area (Å²) in [6, 6.07) is 10.4. The fraction of sp³-hybridized carbons (Fsp3) is 0.429. The van der Waals surface area contributed by atoms with E-state index < -0.39 is 125 Å². The number of carbonyl (C=O) groups excluding carboxylic acids is 11. The summed E-state index contributed by atoms with van der Waals surface area (Å²) in [5.74, 6) is -10.2. The van der Waals surface area contributed by atoms with Crippen LogP contribution in [0.4, 0.5) is 8.78 Å². The van der Waals surface area contributed by atoms with E-state index in [9.17, 15) is 62.2 Å². The molecular formula is C56H69F2N11O13. The second kappa shape index (κ2) is 30.0. The highest BCUT2D eigenvalue weighted by Gasteiger charge is 2.39. The van der Waals surface area contributed by atoms with Crippen LogP contribution in [0.25, 0.3) is 11.1 Å². The van der Waals surface area contributed by atoms with E-state index in [1.165, 1.54) is 31.1 Å². The molecule has 9 N–H and O–H groups in total. The first-order valence-corrected chi connectivity index (χ1v) is 26.4. The van der Waals surface area contributed by atoms with Gasteiger partial charge in [0.25, 0.3) is 11.8 Å². The quantitative estimate of drug-likeness (QED) is 0.0281. The normalized spacial score (nSPS) is 14.1. The summed E-state index contributed by atoms with van der Waals surface area (Å²) >= 11 is 0. The lowest BCUT2D eigenvalue weighted by atomic mass is 9.82. The van der Waals surface area contributed by atoms with Crippen molar-refractivity contribution in [1.82, 2.24) is 51.4 Å². The van der Waals surface area contributed by atoms with Gasteiger partial charge in [0, 0.05) is 87.3 Å². The molecule has 5 unspecified atom stereocenters. The van der Waals surface area contributed by atoms with Gasteiger partial charge in [0.2, 0.25) is 47.3 Å². The first-order valence-electron chi connectivity index (χ1n) is 26.4. The molecule has 440 valence electrons. The molecule has 10 amide bonds. The number of hydrogen-bond acceptors (Lipinski definition) is 14. The second-order valence-corrected chi connectivity index (χ2v) is 20.6. The highest BCUT2D eigenvalue weighted by Crippen LogP contribution is 2.41. The number of rotatable bonds is 29. The monoisotopic (exact) mass is 1140 g/mol. The van der Waals surface area contributed by atoms with Gasteiger partial charge >= 0.3 is 5.97 Å². The van der Waals surface area contributed by atoms with Crippen molar-refractivity contribution >= 4 is 65.0 Å². The number of hydrogen-bond donors (Lipinski definition) is 8. The van der Waals surface area contributed by atoms with E-state index in [1.54, 1.807) is 49.7 Å². The largest absolute Gasteiger partial charge is 0.387 e. The number of nitrogens with one attached hydrogen (secondary N) is 6. The summed E-state index contributed by atoms with van der Waals surface area (Å²) < 4.78 is 31.8. The van der Waals surface area contributed by atoms with E-state index >= 15 is 4.39 Å². The predicted molar refractivity (Wildman–Crippen MR) is 289 cm³/mol. The standard InChI is InChI=1S/C56H69F2N11O13/c1-33(63-45(72)26-35-18-21-60-22-19-35)53(79)64-34(2)54(80)66-42(52(59)78)29-46(73)65-41(55(81)62-24-23-61-44(71)12-9-13-50(77)82-69-47(74)16-17-48(69)75)20-25-68(49(76)32-70)51(56(3,4)5)43-27-37(39-28-38(57)14-15-40(39)58)31-67(43)30-36-10-7-6-8-11-36/h6-8,10-11,14-15,18-19,21-22,27-28,31,33-34,41-42,51,70H,9,12-13,16-17,20,23-26,29-30,32H2,1-5H3,(H2,59,78)(H,61,71)(H,62,81)(H,63,72)(H,64,79)(H,65,73)(H,66,80). The van der Waals surface area contributed by atoms with E-state index in [0.717, 1.165) is 23.8 Å². The maximum atomic E-state index is 15.4. The number of nitrogens with two attached hydrogens (primary N) is 1. The van der Waals surface area contributed by atoms with Gasteiger partial charge in [0.15, 0.2) is 0 Å². The lowest BCUT2D eigenvalue weighted by Crippen LogP contribution is -2.56. The zero-order valence-electron chi connectivity index (χ0n) is 46.1. The lowest BCUT2D eigenvalue weighted by molar-refractivity contribution is -0.197. The van der Waals surface area contributed by atoms with Crippen LogP contribution in [-0.2, 0) is 70.5 Å². The highest BCUT2D eigenvalue weighted by atomic mass is 19.1. The molecule has 3 heterocycles. The van der Waals surface area contributed by atoms with Gasteiger partial charge in [-0.15, -0.1) is 5.06 Å². The smallest absolute Gasteiger partial charge is 0.333 e. The molecule has 0 aliphatic carbocycles. The van der Waals surface area contributed by atoms with Crippen molar-refractivity contribution < 1.29 is 71.5 Å². The Morgan fingerprint density at radius 2 is 1.40 bits per heavy atom. The minimum Gasteiger partial charge on any atom is -0.387 e. The molecule has 0 spiro atoms. The molecule has 82 heavy (non-hydrogen) atoms. The van der Waals surface area contributed by atoms with Crippen LogP contribution >= 0.6 is 0 Å². The van der Waals surface area contributed by atoms with Crippen LogP contribution in [0.1, 0.15) is 102 Å². The van der Waals surface area contributed by atoms with E-state index in [-0.39, 0.29) is 82.3 Å². The summed E-state index contributed by atoms with van der Waals surface area (Å²) in [6.07, 6.45) is 2.67. The molecule has 0 radical (unpaired) electrons. The van der Waals surface area contributed by atoms with Crippen molar-refractivity contribution in [1.29, 1.82) is 0 Å². The summed E-state index contributed by atoms with van der Waals surface area (Å²) in [6.45, 7) is 6.51. The molecule has 1 saturated heterocycles. The number of amides is 10. The topological polar surface area (TPSA) is 340 Å². The molecule has 1 fully saturated rings. The number of benzene rings is 2. The van der Waals surface area contributed by atoms with Crippen LogP contribution < -0.4 is 37.6 Å². The van der Waals surface area contributed by atoms with Crippen molar-refractivity contribution in [2.75, 3.05) is 26.2 Å². The fourth-order valence-electron chi connectivity index (χ4n) is 8.84. The summed E-state index contributed by atoms with van der Waals surface area (Å²) in [5, 5.41) is 25.8. The van der Waals surface area contributed by atoms with Crippen LogP contribution in [-0.4, -0.2) is 140 Å². The maximum absolute atomic E-state index is 15.4. The molecule has 5 rings (SSSR count). The zero-order valence-corrected chi connectivity index (χ0v) is 46.1. The third kappa shape index (κ3) is 19.1. The Morgan fingerprint density at radius 1 is 0.756 bits per heavy atom. The van der Waals surface area contributed by atoms with E-state index in [2.05, 4.69) is 36.9 Å². The minimum atomic E-state index is -1.71. The Morgan fingerprint density at radius 3 is 2.05 bits per heavy atom. The van der Waals surface area contributed by atoms with Crippen LogP contribution in [0, 0.1) is 17.0 Å². The van der Waals surface area contributed by atoms with Gasteiger partial charge in [0.1, 0.15) is 42.4 Å². The van der Waals surface area contributed by atoms with Gasteiger partial charge < -0.3 is 57.0 Å². The van der Waals surface area contributed by atoms with Gasteiger partial charge in [-0.2, -0.15) is 0 Å². The molecule has 0 bridgehead atoms. The Labute approximate surface area is 471 Å². The van der Waals surface area contributed by atoms with E-state index in [0.29, 0.717) is 16.3 Å². The zero-order chi connectivity index (χ0) is 60.3. The molecule has 2 aromatic heterocycles. The van der Waals surface area contributed by atoms with Crippen molar-refractivity contribution in [3.8, 4) is 11.1 Å². The molecule has 24 nitrogen and oxygen atoms in total. The van der Waals surface area contributed by atoms with Crippen molar-refractivity contribution in [3.05, 3.63) is 114 Å². The number of carbonyl (C=O) groups is 11. The Hall–Kier alpha value is -8.94. The van der Waals surface area contributed by atoms with Gasteiger partial charge in [0.05, 0.1) is 18.9 Å². The average molecular weight is 1140 g/mol. The minimum absolute atomic E-state index is 0.0206. The first kappa shape index (κ1) is 63.9. The molecule has 5 atom stereocenters. The van der Waals surface area contributed by atoms with Gasteiger partial charge in [-0.25, -0.2) is 13.6 Å². The fourth-order valence-corrected chi connectivity index (χ4v) is 8.84. The highest BCUT2D eigenvalue weighted by molar-refractivity contribution is 6.01. The van der Waals surface area contributed by atoms with Crippen molar-refractivity contribution in [2.24, 2.45) is 11.1 Å². The Kier molecular flexibility index (Phi) is 23.4. The van der Waals surface area contributed by atoms with Crippen molar-refractivity contribution in [2.45, 2.75) is 123 Å². The summed E-state index contributed by atoms with van der Waals surface area (Å²) in [4.78, 5) is 152. The second-order valence-electron chi connectivity index (χ2n) is 20.6. The molecule has 26 heteroatoms. The summed E-state index contributed by atoms with van der Waals surface area (Å²) in [7, 11) is 0. The van der Waals surface area contributed by atoms with Crippen LogP contribution in [0.15, 0.2) is 85.3 Å². The number of halogens is 2. The number of nitrogens with zero attached hydrogens (tertiary/aromatic N) is 4. The number of aromatic nitrogens is 2. The third-order valence-corrected chi connectivity index (χ3v) is 13.0. The predicted octanol–water partition coefficient (Wildman–Crippen LogP) is 1.28. The van der Waals surface area contributed by atoms with Gasteiger partial charge in [-0.05, 0) is 79.6 Å². The number of aliphatic hydroxyl groups is 1. The van der Waals surface area contributed by atoms with Crippen LogP contribution in [0.2, 0.25) is 0 Å². The number of hydroxylamine groups is 2. The van der Waals surface area contributed by atoms with Crippen LogP contribution in [0.3, 0.4) is 0 Å². The number of pyridine rings is 1. The third-order valence-electron chi connectivity index (χ3n) is 13.0. The Bertz CT molecular complexity index is 2960. The SMILES string of the molecule is CC(NC(=O)Cc1ccncc1)C(=O)NC(C)C(=O)NC(CC(=O)NC(CCN(C(=O)CO)C(c1cc(-c2cc(F)ccc2F)cn1Cc1ccccc1)C(C)(C)C)C(=O)NCCNC(=O)CCCC(=O)ON1C(=O)CCC1=O)C(N)=O. The average Bonchev–Trinajstić information content (AvgIpc) is 4.20. The van der Waals surface area contributed by atoms with Crippen molar-refractivity contribution in [3.63, 3.8) is 0 Å². The van der Waals surface area contributed by atoms with Gasteiger partial charge in [-0.3, -0.25) is 52.9 Å². The molecule has 4 aromatic rings. The molecular weight excluding hydrogens is 1070 g/mol. The molecule has 1 aliphatic heterocycles. The molecule has 1 aliphatic rings. The number of aliphatic hydroxyl groups excluding tert-OH is 1. The Balaban J connectivity index is 1.33. The summed E-state index contributed by atoms with van der Waals surface area (Å²) in [5.41, 5.74) is 6.82. The lowest BCUT2D eigenvalue weighted by Gasteiger charge is -2.41. The van der Waals surface area contributed by atoms with E-state index in [1.807, 2.05) is 30.3 Å². The first-order chi connectivity index (χ1) is 38.8. The number of imide groups is 1. The maximum Gasteiger partial charge on any atom is 0.333 e. The molecule has 0 saturated carbocycles. The van der Waals surface area contributed by atoms with Crippen LogP contribution in [0.5, 0.6) is 0 Å². The molecule has 2 aromatic carbocycles. The van der Waals surface area contributed by atoms with E-state index in [4.69, 9.17) is 10.6 Å².